The number of benzene rings is 3. The van der Waals surface area contributed by atoms with Crippen molar-refractivity contribution in [3.63, 3.8) is 0 Å². The van der Waals surface area contributed by atoms with E-state index in [0.29, 0.717) is 11.3 Å². The van der Waals surface area contributed by atoms with Gasteiger partial charge in [0.1, 0.15) is 11.5 Å². The van der Waals surface area contributed by atoms with Gasteiger partial charge in [-0.3, -0.25) is 4.79 Å². The summed E-state index contributed by atoms with van der Waals surface area (Å²) < 4.78 is 62.4. The van der Waals surface area contributed by atoms with Crippen molar-refractivity contribution in [2.75, 3.05) is 6.61 Å². The Labute approximate surface area is 298 Å². The molecule has 0 radical (unpaired) electrons. The minimum Gasteiger partial charge on any atom is -0.482 e. The first-order chi connectivity index (χ1) is 23.3. The highest BCUT2D eigenvalue weighted by Gasteiger charge is 2.51. The Kier molecular flexibility index (Phi) is 12.0. The van der Waals surface area contributed by atoms with Crippen molar-refractivity contribution in [3.8, 4) is 5.75 Å². The maximum Gasteiger partial charge on any atom is 0.494 e. The number of furan rings is 1. The van der Waals surface area contributed by atoms with Gasteiger partial charge in [0, 0.05) is 16.6 Å². The lowest BCUT2D eigenvalue weighted by Gasteiger charge is -2.32. The van der Waals surface area contributed by atoms with E-state index in [1.807, 2.05) is 90.9 Å². The fraction of sp³-hybridized carbons (Fsp3) is 0.351. The third kappa shape index (κ3) is 9.79. The lowest BCUT2D eigenvalue weighted by atomic mass is 9.79. The Morgan fingerprint density at radius 1 is 0.880 bits per heavy atom. The molecule has 3 aromatic carbocycles. The minimum atomic E-state index is -4.60. The van der Waals surface area contributed by atoms with Crippen molar-refractivity contribution in [1.82, 2.24) is 4.90 Å². The van der Waals surface area contributed by atoms with Gasteiger partial charge in [-0.25, -0.2) is 4.79 Å². The van der Waals surface area contributed by atoms with Crippen LogP contribution in [-0.4, -0.2) is 46.8 Å². The SMILES string of the molecule is Cc1cc(C)c(C(=O)N(Cc2ccc(B3OC(C)(C)C(C)(C)O3)cc2)Cc2ccc(C(F)(F)F)o2)c(C)c1.O=C(O)COc1cccc(Br)c1. The monoisotopic (exact) mass is 757 g/mol. The average Bonchev–Trinajstić information content (AvgIpc) is 3.57. The maximum absolute atomic E-state index is 13.8. The molecule has 266 valence electrons. The largest absolute Gasteiger partial charge is 0.494 e. The summed E-state index contributed by atoms with van der Waals surface area (Å²) in [6, 6.07) is 20.6. The summed E-state index contributed by atoms with van der Waals surface area (Å²) in [6.07, 6.45) is -4.60. The van der Waals surface area contributed by atoms with Crippen molar-refractivity contribution in [2.45, 2.75) is 78.9 Å². The number of aliphatic carboxylic acids is 1. The molecule has 8 nitrogen and oxygen atoms in total. The Morgan fingerprint density at radius 2 is 1.48 bits per heavy atom. The van der Waals surface area contributed by atoms with Gasteiger partial charge in [0.2, 0.25) is 5.76 Å². The standard InChI is InChI=1S/C29H33BF3NO4.C8H7BrO3/c1-18-14-19(2)25(20(3)15-18)26(35)34(17-23-12-13-24(36-23)29(31,32)33)16-21-8-10-22(11-9-21)30-37-27(4,5)28(6,7)38-30;9-6-2-1-3-7(4-6)12-5-8(10)11/h8-15H,16-17H2,1-7H3;1-4H,5H2,(H,10,11). The molecule has 1 fully saturated rings. The van der Waals surface area contributed by atoms with Crippen LogP contribution >= 0.6 is 15.9 Å². The summed E-state index contributed by atoms with van der Waals surface area (Å²) in [6.45, 7) is 13.4. The summed E-state index contributed by atoms with van der Waals surface area (Å²) in [5, 5.41) is 8.31. The number of carboxylic acids is 1. The van der Waals surface area contributed by atoms with Crippen LogP contribution < -0.4 is 10.2 Å². The van der Waals surface area contributed by atoms with E-state index in [2.05, 4.69) is 15.9 Å². The molecule has 1 amide bonds. The number of carboxylic acid groups (broad SMARTS) is 1. The van der Waals surface area contributed by atoms with E-state index in [1.54, 1.807) is 18.2 Å². The van der Waals surface area contributed by atoms with Gasteiger partial charge in [0.25, 0.3) is 5.91 Å². The Bertz CT molecular complexity index is 1780. The molecule has 0 unspecified atom stereocenters. The van der Waals surface area contributed by atoms with E-state index in [1.165, 1.54) is 11.0 Å². The fourth-order valence-electron chi connectivity index (χ4n) is 5.36. The fourth-order valence-corrected chi connectivity index (χ4v) is 5.74. The van der Waals surface area contributed by atoms with Gasteiger partial charge in [-0.2, -0.15) is 13.2 Å². The zero-order chi connectivity index (χ0) is 37.0. The zero-order valence-corrected chi connectivity index (χ0v) is 30.6. The maximum atomic E-state index is 13.8. The predicted octanol–water partition coefficient (Wildman–Crippen LogP) is 8.28. The summed E-state index contributed by atoms with van der Waals surface area (Å²) in [5.41, 5.74) is 3.89. The lowest BCUT2D eigenvalue weighted by Crippen LogP contribution is -2.41. The van der Waals surface area contributed by atoms with Crippen molar-refractivity contribution < 1.29 is 46.3 Å². The second-order valence-corrected chi connectivity index (χ2v) is 14.1. The lowest BCUT2D eigenvalue weighted by molar-refractivity contribution is -0.153. The van der Waals surface area contributed by atoms with Gasteiger partial charge in [0.15, 0.2) is 6.61 Å². The molecule has 0 aliphatic carbocycles. The molecule has 1 aliphatic rings. The van der Waals surface area contributed by atoms with E-state index >= 15 is 0 Å². The molecular weight excluding hydrogens is 718 g/mol. The van der Waals surface area contributed by atoms with Crippen LogP contribution in [0.3, 0.4) is 0 Å². The quantitative estimate of drug-likeness (QED) is 0.172. The van der Waals surface area contributed by atoms with Gasteiger partial charge in [-0.05, 0) is 101 Å². The predicted molar refractivity (Wildman–Crippen MR) is 187 cm³/mol. The highest BCUT2D eigenvalue weighted by atomic mass is 79.9. The number of carbonyl (C=O) groups is 2. The van der Waals surface area contributed by atoms with Crippen molar-refractivity contribution >= 4 is 40.4 Å². The smallest absolute Gasteiger partial charge is 0.482 e. The van der Waals surface area contributed by atoms with Crippen LogP contribution in [0.15, 0.2) is 81.7 Å². The molecule has 0 atom stereocenters. The molecule has 50 heavy (non-hydrogen) atoms. The molecule has 4 aromatic rings. The third-order valence-electron chi connectivity index (χ3n) is 8.50. The number of rotatable bonds is 9. The van der Waals surface area contributed by atoms with Gasteiger partial charge >= 0.3 is 19.3 Å². The van der Waals surface area contributed by atoms with Gasteiger partial charge in [0.05, 0.1) is 17.7 Å². The number of alkyl halides is 3. The van der Waals surface area contributed by atoms with E-state index in [4.69, 9.17) is 23.6 Å². The summed E-state index contributed by atoms with van der Waals surface area (Å²) in [7, 11) is -0.520. The van der Waals surface area contributed by atoms with Crippen LogP contribution in [0.5, 0.6) is 5.75 Å². The third-order valence-corrected chi connectivity index (χ3v) is 9.00. The van der Waals surface area contributed by atoms with Crippen LogP contribution in [-0.2, 0) is 33.4 Å². The molecule has 1 saturated heterocycles. The second-order valence-electron chi connectivity index (χ2n) is 13.2. The van der Waals surface area contributed by atoms with Crippen LogP contribution in [0.4, 0.5) is 13.2 Å². The molecule has 1 aromatic heterocycles. The van der Waals surface area contributed by atoms with Crippen molar-refractivity contribution in [3.05, 3.63) is 117 Å². The molecule has 1 N–H and O–H groups in total. The first kappa shape index (κ1) is 38.7. The molecule has 0 bridgehead atoms. The first-order valence-corrected chi connectivity index (χ1v) is 16.6. The van der Waals surface area contributed by atoms with E-state index in [-0.39, 0.29) is 31.4 Å². The van der Waals surface area contributed by atoms with Crippen LogP contribution in [0, 0.1) is 20.8 Å². The van der Waals surface area contributed by atoms with Crippen LogP contribution in [0.25, 0.3) is 0 Å². The highest BCUT2D eigenvalue weighted by Crippen LogP contribution is 2.36. The van der Waals surface area contributed by atoms with Gasteiger partial charge < -0.3 is 28.5 Å². The Morgan fingerprint density at radius 3 is 2.00 bits per heavy atom. The minimum absolute atomic E-state index is 0.0573. The number of nitrogens with zero attached hydrogens (tertiary/aromatic N) is 1. The number of amides is 1. The van der Waals surface area contributed by atoms with Crippen LogP contribution in [0.1, 0.15) is 71.8 Å². The van der Waals surface area contributed by atoms with Gasteiger partial charge in [-0.15, -0.1) is 0 Å². The van der Waals surface area contributed by atoms with E-state index in [9.17, 15) is 22.8 Å². The number of hydrogen-bond donors (Lipinski definition) is 1. The summed E-state index contributed by atoms with van der Waals surface area (Å²) >= 11 is 3.24. The number of ether oxygens (including phenoxy) is 1. The van der Waals surface area contributed by atoms with Crippen molar-refractivity contribution in [1.29, 1.82) is 0 Å². The number of carbonyl (C=O) groups excluding carboxylic acids is 1. The molecule has 13 heteroatoms. The van der Waals surface area contributed by atoms with Gasteiger partial charge in [-0.1, -0.05) is 64.0 Å². The topological polar surface area (TPSA) is 98.4 Å². The summed E-state index contributed by atoms with van der Waals surface area (Å²) in [5.74, 6) is -1.74. The molecule has 5 rings (SSSR count). The number of hydrogen-bond acceptors (Lipinski definition) is 6. The zero-order valence-electron chi connectivity index (χ0n) is 29.0. The van der Waals surface area contributed by atoms with Crippen molar-refractivity contribution in [2.24, 2.45) is 0 Å². The molecule has 0 spiro atoms. The molecule has 0 saturated carbocycles. The number of halogens is 4. The second kappa shape index (κ2) is 15.4. The molecule has 1 aliphatic heterocycles. The van der Waals surface area contributed by atoms with E-state index < -0.39 is 36.2 Å². The Hall–Kier alpha value is -4.07. The van der Waals surface area contributed by atoms with E-state index in [0.717, 1.165) is 38.3 Å². The highest BCUT2D eigenvalue weighted by molar-refractivity contribution is 9.10. The average molecular weight is 758 g/mol. The van der Waals surface area contributed by atoms with Crippen LogP contribution in [0.2, 0.25) is 0 Å². The first-order valence-electron chi connectivity index (χ1n) is 15.8. The normalized spacial score (nSPS) is 14.9. The Balaban J connectivity index is 0.000000396. The molecule has 2 heterocycles. The number of aryl methyl sites for hydroxylation is 3. The molecular formula is C37H40BBrF3NO7. The summed E-state index contributed by atoms with van der Waals surface area (Å²) in [4.78, 5) is 25.4.